The van der Waals surface area contributed by atoms with Gasteiger partial charge in [0.2, 0.25) is 0 Å². The third-order valence-corrected chi connectivity index (χ3v) is 5.74. The van der Waals surface area contributed by atoms with Crippen LogP contribution in [0.1, 0.15) is 67.3 Å². The minimum Gasteiger partial charge on any atom is -0.336 e. The summed E-state index contributed by atoms with van der Waals surface area (Å²) in [5.41, 5.74) is 1.98. The first-order valence-electron chi connectivity index (χ1n) is 9.84. The van der Waals surface area contributed by atoms with Crippen molar-refractivity contribution in [1.29, 1.82) is 0 Å². The van der Waals surface area contributed by atoms with E-state index in [9.17, 15) is 4.79 Å². The number of carbonyl (C=O) groups is 1. The van der Waals surface area contributed by atoms with Crippen LogP contribution in [0.25, 0.3) is 0 Å². The van der Waals surface area contributed by atoms with Crippen LogP contribution < -0.4 is 0 Å². The molecular formula is C21H32N2O. The van der Waals surface area contributed by atoms with Gasteiger partial charge in [0.25, 0.3) is 5.91 Å². The molecule has 3 rings (SSSR count). The van der Waals surface area contributed by atoms with Crippen LogP contribution in [-0.2, 0) is 0 Å². The first kappa shape index (κ1) is 17.5. The van der Waals surface area contributed by atoms with Crippen molar-refractivity contribution >= 4 is 5.91 Å². The number of amides is 1. The molecule has 0 N–H and O–H groups in total. The molecule has 2 fully saturated rings. The Balaban J connectivity index is 1.62. The van der Waals surface area contributed by atoms with Gasteiger partial charge >= 0.3 is 0 Å². The number of benzene rings is 1. The Kier molecular flexibility index (Phi) is 6.30. The summed E-state index contributed by atoms with van der Waals surface area (Å²) in [5, 5.41) is 0. The van der Waals surface area contributed by atoms with Crippen LogP contribution >= 0.6 is 0 Å². The van der Waals surface area contributed by atoms with E-state index in [2.05, 4.69) is 9.80 Å². The van der Waals surface area contributed by atoms with Gasteiger partial charge in [0.15, 0.2) is 0 Å². The molecule has 0 aliphatic carbocycles. The molecule has 3 heteroatoms. The fourth-order valence-electron chi connectivity index (χ4n) is 4.23. The lowest BCUT2D eigenvalue weighted by atomic mass is 9.97. The highest BCUT2D eigenvalue weighted by Gasteiger charge is 2.28. The Labute approximate surface area is 147 Å². The topological polar surface area (TPSA) is 23.6 Å². The van der Waals surface area contributed by atoms with Gasteiger partial charge in [-0.15, -0.1) is 0 Å². The highest BCUT2D eigenvalue weighted by molar-refractivity contribution is 5.95. The average Bonchev–Trinajstić information content (AvgIpc) is 2.89. The summed E-state index contributed by atoms with van der Waals surface area (Å²) in [7, 11) is 0. The second-order valence-electron chi connectivity index (χ2n) is 7.51. The van der Waals surface area contributed by atoms with Crippen LogP contribution in [0, 0.1) is 6.92 Å². The van der Waals surface area contributed by atoms with Crippen LogP contribution in [-0.4, -0.2) is 47.9 Å². The quantitative estimate of drug-likeness (QED) is 0.824. The van der Waals surface area contributed by atoms with Crippen molar-refractivity contribution in [2.75, 3.05) is 26.2 Å². The minimum absolute atomic E-state index is 0.244. The molecule has 0 bridgehead atoms. The normalized spacial score (nSPS) is 23.0. The summed E-state index contributed by atoms with van der Waals surface area (Å²) in [6.07, 6.45) is 10.2. The Morgan fingerprint density at radius 1 is 1.00 bits per heavy atom. The molecule has 1 amide bonds. The molecule has 1 unspecified atom stereocenters. The van der Waals surface area contributed by atoms with Gasteiger partial charge in [-0.1, -0.05) is 31.0 Å². The molecule has 2 saturated heterocycles. The summed E-state index contributed by atoms with van der Waals surface area (Å²) in [5.74, 6) is 0.244. The third-order valence-electron chi connectivity index (χ3n) is 5.74. The third kappa shape index (κ3) is 4.38. The molecular weight excluding hydrogens is 296 g/mol. The number of hydrogen-bond acceptors (Lipinski definition) is 2. The van der Waals surface area contributed by atoms with Gasteiger partial charge < -0.3 is 9.80 Å². The molecule has 1 aromatic rings. The fraction of sp³-hybridized carbons (Fsp3) is 0.667. The summed E-state index contributed by atoms with van der Waals surface area (Å²) < 4.78 is 0. The molecule has 3 nitrogen and oxygen atoms in total. The lowest BCUT2D eigenvalue weighted by Gasteiger charge is -2.37. The van der Waals surface area contributed by atoms with E-state index < -0.39 is 0 Å². The number of nitrogens with zero attached hydrogens (tertiary/aromatic N) is 2. The van der Waals surface area contributed by atoms with Crippen LogP contribution in [0.2, 0.25) is 0 Å². The Hall–Kier alpha value is -1.35. The zero-order valence-electron chi connectivity index (χ0n) is 15.2. The highest BCUT2D eigenvalue weighted by atomic mass is 16.2. The molecule has 0 spiro atoms. The van der Waals surface area contributed by atoms with Crippen molar-refractivity contribution in [3.63, 3.8) is 0 Å². The summed E-state index contributed by atoms with van der Waals surface area (Å²) in [6.45, 7) is 6.63. The van der Waals surface area contributed by atoms with Gasteiger partial charge in [-0.25, -0.2) is 0 Å². The van der Waals surface area contributed by atoms with Gasteiger partial charge in [0.05, 0.1) is 0 Å². The largest absolute Gasteiger partial charge is 0.336 e. The summed E-state index contributed by atoms with van der Waals surface area (Å²) in [6, 6.07) is 8.45. The van der Waals surface area contributed by atoms with Crippen molar-refractivity contribution < 1.29 is 4.79 Å². The van der Waals surface area contributed by atoms with E-state index >= 15 is 0 Å². The predicted molar refractivity (Wildman–Crippen MR) is 99.4 cm³/mol. The van der Waals surface area contributed by atoms with Crippen molar-refractivity contribution in [2.24, 2.45) is 0 Å². The molecule has 0 radical (unpaired) electrons. The van der Waals surface area contributed by atoms with Crippen molar-refractivity contribution in [2.45, 2.75) is 64.3 Å². The number of likely N-dealkylation sites (tertiary alicyclic amines) is 2. The Bertz CT molecular complexity index is 534. The first-order chi connectivity index (χ1) is 11.8. The highest BCUT2D eigenvalue weighted by Crippen LogP contribution is 2.24. The molecule has 2 aliphatic heterocycles. The van der Waals surface area contributed by atoms with Gasteiger partial charge in [-0.3, -0.25) is 4.79 Å². The predicted octanol–water partition coefficient (Wildman–Crippen LogP) is 4.26. The van der Waals surface area contributed by atoms with Gasteiger partial charge in [-0.05, 0) is 70.2 Å². The molecule has 1 aromatic carbocycles. The second-order valence-corrected chi connectivity index (χ2v) is 7.51. The van der Waals surface area contributed by atoms with E-state index in [4.69, 9.17) is 0 Å². The molecule has 24 heavy (non-hydrogen) atoms. The van der Waals surface area contributed by atoms with Crippen molar-refractivity contribution in [1.82, 2.24) is 9.80 Å². The number of carbonyl (C=O) groups excluding carboxylic acids is 1. The van der Waals surface area contributed by atoms with Crippen LogP contribution in [0.3, 0.4) is 0 Å². The summed E-state index contributed by atoms with van der Waals surface area (Å²) in [4.78, 5) is 17.8. The second kappa shape index (κ2) is 8.66. The number of aryl methyl sites for hydroxylation is 1. The average molecular weight is 329 g/mol. The van der Waals surface area contributed by atoms with E-state index in [0.29, 0.717) is 6.04 Å². The SMILES string of the molecule is Cc1ccccc1C(=O)N1CCCCC1CCN1CCCCCC1. The lowest BCUT2D eigenvalue weighted by Crippen LogP contribution is -2.45. The first-order valence-corrected chi connectivity index (χ1v) is 9.84. The number of rotatable bonds is 4. The molecule has 2 heterocycles. The smallest absolute Gasteiger partial charge is 0.254 e. The monoisotopic (exact) mass is 328 g/mol. The molecule has 0 aromatic heterocycles. The Morgan fingerprint density at radius 2 is 1.71 bits per heavy atom. The van der Waals surface area contributed by atoms with Crippen LogP contribution in [0.15, 0.2) is 24.3 Å². The zero-order chi connectivity index (χ0) is 16.8. The van der Waals surface area contributed by atoms with Gasteiger partial charge in [0, 0.05) is 24.7 Å². The maximum absolute atomic E-state index is 13.0. The maximum atomic E-state index is 13.0. The fourth-order valence-corrected chi connectivity index (χ4v) is 4.23. The maximum Gasteiger partial charge on any atom is 0.254 e. The van der Waals surface area contributed by atoms with E-state index in [-0.39, 0.29) is 5.91 Å². The van der Waals surface area contributed by atoms with Gasteiger partial charge in [-0.2, -0.15) is 0 Å². The molecule has 0 saturated carbocycles. The summed E-state index contributed by atoms with van der Waals surface area (Å²) >= 11 is 0. The standard InChI is InChI=1S/C21H32N2O/c1-18-10-4-5-12-20(18)21(24)23-16-9-6-11-19(23)13-17-22-14-7-2-3-8-15-22/h4-5,10,12,19H,2-3,6-9,11,13-17H2,1H3. The van der Waals surface area contributed by atoms with E-state index in [1.807, 2.05) is 31.2 Å². The lowest BCUT2D eigenvalue weighted by molar-refractivity contribution is 0.0583. The van der Waals surface area contributed by atoms with E-state index in [1.54, 1.807) is 0 Å². The number of piperidine rings is 1. The van der Waals surface area contributed by atoms with Crippen molar-refractivity contribution in [3.8, 4) is 0 Å². The van der Waals surface area contributed by atoms with E-state index in [1.165, 1.54) is 51.6 Å². The van der Waals surface area contributed by atoms with Crippen molar-refractivity contribution in [3.05, 3.63) is 35.4 Å². The zero-order valence-corrected chi connectivity index (χ0v) is 15.2. The van der Waals surface area contributed by atoms with Gasteiger partial charge in [0.1, 0.15) is 0 Å². The number of hydrogen-bond donors (Lipinski definition) is 0. The van der Waals surface area contributed by atoms with Crippen LogP contribution in [0.5, 0.6) is 0 Å². The molecule has 132 valence electrons. The molecule has 1 atom stereocenters. The minimum atomic E-state index is 0.244. The Morgan fingerprint density at radius 3 is 2.46 bits per heavy atom. The van der Waals surface area contributed by atoms with Crippen LogP contribution in [0.4, 0.5) is 0 Å². The molecule has 2 aliphatic rings. The van der Waals surface area contributed by atoms with E-state index in [0.717, 1.165) is 37.1 Å².